The Morgan fingerprint density at radius 2 is 1.58 bits per heavy atom. The molecule has 2 rings (SSSR count). The number of halogens is 1. The first-order valence-corrected chi connectivity index (χ1v) is 8.84. The van der Waals surface area contributed by atoms with Gasteiger partial charge in [-0.15, -0.1) is 12.4 Å². The van der Waals surface area contributed by atoms with Gasteiger partial charge in [-0.3, -0.25) is 9.59 Å². The molecule has 24 heavy (non-hydrogen) atoms. The van der Waals surface area contributed by atoms with Crippen molar-refractivity contribution < 1.29 is 9.59 Å². The lowest BCUT2D eigenvalue weighted by atomic mass is 10.1. The van der Waals surface area contributed by atoms with E-state index in [2.05, 4.69) is 10.6 Å². The van der Waals surface area contributed by atoms with Gasteiger partial charge in [0, 0.05) is 37.5 Å². The predicted molar refractivity (Wildman–Crippen MR) is 99.8 cm³/mol. The molecule has 1 fully saturated rings. The number of ketones is 1. The number of carbonyl (C=O) groups excluding carboxylic acids is 2. The van der Waals surface area contributed by atoms with Crippen molar-refractivity contribution in [1.29, 1.82) is 0 Å². The number of carbonyl (C=O) groups is 2. The predicted octanol–water partition coefficient (Wildman–Crippen LogP) is 3.50. The van der Waals surface area contributed by atoms with Gasteiger partial charge in [0.05, 0.1) is 0 Å². The van der Waals surface area contributed by atoms with Crippen LogP contribution < -0.4 is 10.6 Å². The summed E-state index contributed by atoms with van der Waals surface area (Å²) in [5.74, 6) is -0.0192. The number of benzene rings is 1. The van der Waals surface area contributed by atoms with E-state index >= 15 is 0 Å². The number of amides is 1. The molecule has 1 aliphatic rings. The van der Waals surface area contributed by atoms with Gasteiger partial charge in [0.15, 0.2) is 5.78 Å². The Morgan fingerprint density at radius 1 is 0.917 bits per heavy atom. The molecule has 0 aliphatic heterocycles. The lowest BCUT2D eigenvalue weighted by Gasteiger charge is -2.16. The zero-order valence-electron chi connectivity index (χ0n) is 14.3. The third-order valence-electron chi connectivity index (χ3n) is 4.41. The average Bonchev–Trinajstić information content (AvgIpc) is 2.86. The first-order chi connectivity index (χ1) is 11.3. The van der Waals surface area contributed by atoms with E-state index in [0.29, 0.717) is 18.2 Å². The van der Waals surface area contributed by atoms with Crippen molar-refractivity contribution in [2.75, 3.05) is 13.1 Å². The van der Waals surface area contributed by atoms with Crippen molar-refractivity contribution in [3.63, 3.8) is 0 Å². The molecule has 0 aromatic heterocycles. The van der Waals surface area contributed by atoms with Crippen molar-refractivity contribution in [3.05, 3.63) is 35.9 Å². The van der Waals surface area contributed by atoms with Gasteiger partial charge in [0.1, 0.15) is 0 Å². The molecule has 0 spiro atoms. The second kappa shape index (κ2) is 12.0. The topological polar surface area (TPSA) is 58.2 Å². The number of nitrogens with one attached hydrogen (secondary N) is 2. The van der Waals surface area contributed by atoms with Crippen LogP contribution in [0.15, 0.2) is 30.3 Å². The zero-order valence-corrected chi connectivity index (χ0v) is 15.1. The Kier molecular flexibility index (Phi) is 10.4. The zero-order chi connectivity index (χ0) is 16.3. The minimum absolute atomic E-state index is 0. The van der Waals surface area contributed by atoms with Crippen molar-refractivity contribution in [2.45, 2.75) is 57.4 Å². The van der Waals surface area contributed by atoms with Crippen LogP contribution in [0.1, 0.15) is 61.7 Å². The van der Waals surface area contributed by atoms with E-state index in [4.69, 9.17) is 0 Å². The Morgan fingerprint density at radius 3 is 2.25 bits per heavy atom. The Hall–Kier alpha value is -1.39. The molecule has 0 bridgehead atoms. The molecule has 4 nitrogen and oxygen atoms in total. The van der Waals surface area contributed by atoms with Crippen LogP contribution in [0.4, 0.5) is 0 Å². The SMILES string of the molecule is Cl.O=C(CCC(=O)c1ccccc1)NCCNC1CCCCCC1. The molecule has 0 heterocycles. The minimum Gasteiger partial charge on any atom is -0.355 e. The first kappa shape index (κ1) is 20.7. The quantitative estimate of drug-likeness (QED) is 0.427. The molecule has 1 aromatic rings. The van der Waals surface area contributed by atoms with E-state index in [1.54, 1.807) is 12.1 Å². The lowest BCUT2D eigenvalue weighted by molar-refractivity contribution is -0.121. The summed E-state index contributed by atoms with van der Waals surface area (Å²) >= 11 is 0. The molecule has 2 N–H and O–H groups in total. The lowest BCUT2D eigenvalue weighted by Crippen LogP contribution is -2.36. The van der Waals surface area contributed by atoms with Gasteiger partial charge in [0.2, 0.25) is 5.91 Å². The van der Waals surface area contributed by atoms with Crippen LogP contribution in [-0.4, -0.2) is 30.8 Å². The molecule has 1 aliphatic carbocycles. The molecule has 5 heteroatoms. The molecule has 1 amide bonds. The van der Waals surface area contributed by atoms with Gasteiger partial charge in [-0.25, -0.2) is 0 Å². The normalized spacial score (nSPS) is 15.2. The second-order valence-corrected chi connectivity index (χ2v) is 6.28. The molecule has 0 radical (unpaired) electrons. The van der Waals surface area contributed by atoms with Crippen LogP contribution >= 0.6 is 12.4 Å². The van der Waals surface area contributed by atoms with Crippen molar-refractivity contribution in [1.82, 2.24) is 10.6 Å². The van der Waals surface area contributed by atoms with Crippen LogP contribution in [-0.2, 0) is 4.79 Å². The van der Waals surface area contributed by atoms with Gasteiger partial charge in [-0.05, 0) is 12.8 Å². The monoisotopic (exact) mass is 352 g/mol. The molecular weight excluding hydrogens is 324 g/mol. The highest BCUT2D eigenvalue weighted by Gasteiger charge is 2.11. The molecule has 1 saturated carbocycles. The van der Waals surface area contributed by atoms with Gasteiger partial charge in [-0.1, -0.05) is 56.0 Å². The minimum atomic E-state index is -0.0445. The number of Topliss-reactive ketones (excluding diaryl/α,β-unsaturated/α-hetero) is 1. The smallest absolute Gasteiger partial charge is 0.220 e. The molecule has 0 saturated heterocycles. The fraction of sp³-hybridized carbons (Fsp3) is 0.579. The van der Waals surface area contributed by atoms with Gasteiger partial charge < -0.3 is 10.6 Å². The highest BCUT2D eigenvalue weighted by molar-refractivity contribution is 5.97. The summed E-state index contributed by atoms with van der Waals surface area (Å²) in [5.41, 5.74) is 0.676. The maximum Gasteiger partial charge on any atom is 0.220 e. The van der Waals surface area contributed by atoms with Crippen LogP contribution in [0.2, 0.25) is 0 Å². The highest BCUT2D eigenvalue weighted by atomic mass is 35.5. The van der Waals surface area contributed by atoms with Crippen molar-refractivity contribution in [2.24, 2.45) is 0 Å². The summed E-state index contributed by atoms with van der Waals surface area (Å²) in [7, 11) is 0. The maximum absolute atomic E-state index is 11.9. The van der Waals surface area contributed by atoms with E-state index in [9.17, 15) is 9.59 Å². The van der Waals surface area contributed by atoms with E-state index in [0.717, 1.165) is 6.54 Å². The van der Waals surface area contributed by atoms with Crippen molar-refractivity contribution in [3.8, 4) is 0 Å². The van der Waals surface area contributed by atoms with Gasteiger partial charge in [0.25, 0.3) is 0 Å². The molecule has 0 atom stereocenters. The molecule has 134 valence electrons. The summed E-state index contributed by atoms with van der Waals surface area (Å²) in [6.45, 7) is 1.44. The number of hydrogen-bond donors (Lipinski definition) is 2. The van der Waals surface area contributed by atoms with E-state index in [-0.39, 0.29) is 36.9 Å². The molecular formula is C19H29ClN2O2. The van der Waals surface area contributed by atoms with E-state index in [1.165, 1.54) is 38.5 Å². The number of hydrogen-bond acceptors (Lipinski definition) is 3. The summed E-state index contributed by atoms with van der Waals surface area (Å²) in [6.07, 6.45) is 8.36. The Balaban J connectivity index is 0.00000288. The Bertz CT molecular complexity index is 485. The van der Waals surface area contributed by atoms with Crippen LogP contribution in [0, 0.1) is 0 Å². The summed E-state index contributed by atoms with van der Waals surface area (Å²) < 4.78 is 0. The molecule has 1 aromatic carbocycles. The maximum atomic E-state index is 11.9. The third kappa shape index (κ3) is 7.93. The highest BCUT2D eigenvalue weighted by Crippen LogP contribution is 2.16. The fourth-order valence-electron chi connectivity index (χ4n) is 3.05. The molecule has 0 unspecified atom stereocenters. The van der Waals surface area contributed by atoms with Crippen molar-refractivity contribution >= 4 is 24.1 Å². The largest absolute Gasteiger partial charge is 0.355 e. The summed E-state index contributed by atoms with van der Waals surface area (Å²) in [5, 5.41) is 6.42. The van der Waals surface area contributed by atoms with E-state index < -0.39 is 0 Å². The van der Waals surface area contributed by atoms with Crippen LogP contribution in [0.25, 0.3) is 0 Å². The third-order valence-corrected chi connectivity index (χ3v) is 4.41. The fourth-order valence-corrected chi connectivity index (χ4v) is 3.05. The first-order valence-electron chi connectivity index (χ1n) is 8.84. The standard InChI is InChI=1S/C19H28N2O2.ClH/c22-18(16-8-4-3-5-9-16)12-13-19(23)21-15-14-20-17-10-6-1-2-7-11-17;/h3-5,8-9,17,20H,1-2,6-7,10-15H2,(H,21,23);1H. The average molecular weight is 353 g/mol. The van der Waals surface area contributed by atoms with Gasteiger partial charge in [-0.2, -0.15) is 0 Å². The van der Waals surface area contributed by atoms with Crippen LogP contribution in [0.3, 0.4) is 0 Å². The summed E-state index contributed by atoms with van der Waals surface area (Å²) in [4.78, 5) is 23.7. The summed E-state index contributed by atoms with van der Waals surface area (Å²) in [6, 6.07) is 9.74. The van der Waals surface area contributed by atoms with E-state index in [1.807, 2.05) is 18.2 Å². The van der Waals surface area contributed by atoms with Gasteiger partial charge >= 0.3 is 0 Å². The Labute approximate surface area is 151 Å². The second-order valence-electron chi connectivity index (χ2n) is 6.28. The number of rotatable bonds is 8. The van der Waals surface area contributed by atoms with Crippen LogP contribution in [0.5, 0.6) is 0 Å².